The van der Waals surface area contributed by atoms with Gasteiger partial charge in [0, 0.05) is 0 Å². The van der Waals surface area contributed by atoms with E-state index >= 15 is 0 Å². The first-order chi connectivity index (χ1) is 4.84. The third-order valence-electron chi connectivity index (χ3n) is 1.67. The lowest BCUT2D eigenvalue weighted by atomic mass is 10.1. The molecule has 0 fully saturated rings. The number of hydrogen-bond acceptors (Lipinski definition) is 0. The van der Waals surface area contributed by atoms with Gasteiger partial charge in [-0.25, -0.2) is 0 Å². The lowest BCUT2D eigenvalue weighted by Gasteiger charge is -2.06. The molecule has 0 aliphatic carbocycles. The molecule has 0 aromatic heterocycles. The Bertz CT molecular complexity index is 181. The number of hydrogen-bond donors (Lipinski definition) is 0. The molecular weight excluding hydrogens is 139 g/mol. The Morgan fingerprint density at radius 2 is 1.90 bits per heavy atom. The summed E-state index contributed by atoms with van der Waals surface area (Å²) in [5, 5.41) is 0. The Balaban J connectivity index is 2.75. The van der Waals surface area contributed by atoms with Crippen molar-refractivity contribution in [2.75, 3.05) is 0 Å². The van der Waals surface area contributed by atoms with Gasteiger partial charge in [-0.15, -0.1) is 9.24 Å². The van der Waals surface area contributed by atoms with Crippen LogP contribution in [0.2, 0.25) is 0 Å². The van der Waals surface area contributed by atoms with E-state index in [0.29, 0.717) is 5.66 Å². The summed E-state index contributed by atoms with van der Waals surface area (Å²) in [6.45, 7) is 2.20. The van der Waals surface area contributed by atoms with E-state index in [1.165, 1.54) is 12.0 Å². The summed E-state index contributed by atoms with van der Waals surface area (Å²) in [6.07, 6.45) is 1.19. The van der Waals surface area contributed by atoms with Crippen molar-refractivity contribution >= 4 is 9.24 Å². The Hall–Kier alpha value is -0.350. The summed E-state index contributed by atoms with van der Waals surface area (Å²) in [4.78, 5) is 0. The van der Waals surface area contributed by atoms with Crippen LogP contribution in [0.25, 0.3) is 0 Å². The molecule has 2 unspecified atom stereocenters. The van der Waals surface area contributed by atoms with Crippen LogP contribution in [-0.2, 0) is 0 Å². The molecule has 1 aromatic carbocycles. The van der Waals surface area contributed by atoms with Gasteiger partial charge in [-0.3, -0.25) is 0 Å². The van der Waals surface area contributed by atoms with Crippen LogP contribution in [0.15, 0.2) is 30.3 Å². The standard InChI is InChI=1S/C9H13P/c1-2-9(10)8-6-4-3-5-7-8/h3-7,9H,2,10H2,1H3. The van der Waals surface area contributed by atoms with Crippen LogP contribution in [0.5, 0.6) is 0 Å². The van der Waals surface area contributed by atoms with Crippen LogP contribution < -0.4 is 0 Å². The highest BCUT2D eigenvalue weighted by Crippen LogP contribution is 2.25. The average molecular weight is 152 g/mol. The van der Waals surface area contributed by atoms with E-state index in [-0.39, 0.29) is 0 Å². The predicted molar refractivity (Wildman–Crippen MR) is 49.2 cm³/mol. The van der Waals surface area contributed by atoms with Crippen LogP contribution in [0.3, 0.4) is 0 Å². The van der Waals surface area contributed by atoms with Crippen molar-refractivity contribution in [3.63, 3.8) is 0 Å². The maximum Gasteiger partial charge on any atom is -0.00172 e. The normalized spacial score (nSPS) is 13.0. The van der Waals surface area contributed by atoms with Gasteiger partial charge in [0.25, 0.3) is 0 Å². The molecule has 0 bridgehead atoms. The molecule has 0 radical (unpaired) electrons. The Morgan fingerprint density at radius 1 is 1.30 bits per heavy atom. The van der Waals surface area contributed by atoms with Crippen molar-refractivity contribution in [1.82, 2.24) is 0 Å². The summed E-state index contributed by atoms with van der Waals surface area (Å²) in [6, 6.07) is 10.6. The second kappa shape index (κ2) is 3.73. The summed E-state index contributed by atoms with van der Waals surface area (Å²) in [7, 11) is 2.85. The van der Waals surface area contributed by atoms with Crippen LogP contribution >= 0.6 is 9.24 Å². The van der Waals surface area contributed by atoms with E-state index in [1.54, 1.807) is 0 Å². The zero-order chi connectivity index (χ0) is 7.40. The molecule has 0 heterocycles. The van der Waals surface area contributed by atoms with Crippen LogP contribution in [0.1, 0.15) is 24.6 Å². The van der Waals surface area contributed by atoms with Crippen molar-refractivity contribution in [2.45, 2.75) is 19.0 Å². The van der Waals surface area contributed by atoms with Gasteiger partial charge in [0.05, 0.1) is 0 Å². The van der Waals surface area contributed by atoms with Crippen molar-refractivity contribution < 1.29 is 0 Å². The minimum absolute atomic E-state index is 0.626. The smallest absolute Gasteiger partial charge is 0.00172 e. The second-order valence-electron chi connectivity index (χ2n) is 2.43. The first-order valence-corrected chi connectivity index (χ1v) is 4.31. The zero-order valence-corrected chi connectivity index (χ0v) is 7.40. The minimum Gasteiger partial charge on any atom is -0.130 e. The summed E-state index contributed by atoms with van der Waals surface area (Å²) >= 11 is 0. The van der Waals surface area contributed by atoms with E-state index in [0.717, 1.165) is 0 Å². The Kier molecular flexibility index (Phi) is 2.89. The first-order valence-electron chi connectivity index (χ1n) is 3.65. The fraction of sp³-hybridized carbons (Fsp3) is 0.333. The molecule has 0 spiro atoms. The maximum atomic E-state index is 2.85. The molecule has 2 atom stereocenters. The minimum atomic E-state index is 0.626. The average Bonchev–Trinajstić information content (AvgIpc) is 2.05. The molecule has 0 N–H and O–H groups in total. The summed E-state index contributed by atoms with van der Waals surface area (Å²) < 4.78 is 0. The van der Waals surface area contributed by atoms with Crippen molar-refractivity contribution in [1.29, 1.82) is 0 Å². The van der Waals surface area contributed by atoms with Crippen molar-refractivity contribution in [3.05, 3.63) is 35.9 Å². The van der Waals surface area contributed by atoms with Gasteiger partial charge in [-0.2, -0.15) is 0 Å². The van der Waals surface area contributed by atoms with Gasteiger partial charge in [0.15, 0.2) is 0 Å². The molecule has 0 saturated carbocycles. The number of rotatable bonds is 2. The molecule has 1 aromatic rings. The van der Waals surface area contributed by atoms with E-state index in [9.17, 15) is 0 Å². The SMILES string of the molecule is CCC(P)c1ccccc1. The van der Waals surface area contributed by atoms with Gasteiger partial charge in [0.1, 0.15) is 0 Å². The molecule has 0 aliphatic heterocycles. The zero-order valence-electron chi connectivity index (χ0n) is 6.25. The summed E-state index contributed by atoms with van der Waals surface area (Å²) in [5.74, 6) is 0. The van der Waals surface area contributed by atoms with Crippen LogP contribution in [-0.4, -0.2) is 0 Å². The monoisotopic (exact) mass is 152 g/mol. The van der Waals surface area contributed by atoms with Gasteiger partial charge in [-0.1, -0.05) is 37.3 Å². The molecule has 0 aliphatic rings. The fourth-order valence-corrected chi connectivity index (χ4v) is 1.16. The molecule has 1 heteroatoms. The van der Waals surface area contributed by atoms with Crippen molar-refractivity contribution in [3.8, 4) is 0 Å². The van der Waals surface area contributed by atoms with E-state index in [2.05, 4.69) is 46.5 Å². The third-order valence-corrected chi connectivity index (χ3v) is 2.52. The molecule has 0 saturated heterocycles. The molecule has 10 heavy (non-hydrogen) atoms. The molecule has 54 valence electrons. The Labute approximate surface area is 64.9 Å². The highest BCUT2D eigenvalue weighted by Gasteiger charge is 1.99. The highest BCUT2D eigenvalue weighted by atomic mass is 31.0. The summed E-state index contributed by atoms with van der Waals surface area (Å²) in [5.41, 5.74) is 2.04. The topological polar surface area (TPSA) is 0 Å². The van der Waals surface area contributed by atoms with Gasteiger partial charge < -0.3 is 0 Å². The van der Waals surface area contributed by atoms with Crippen LogP contribution in [0.4, 0.5) is 0 Å². The quantitative estimate of drug-likeness (QED) is 0.571. The highest BCUT2D eigenvalue weighted by molar-refractivity contribution is 7.17. The molecule has 1 rings (SSSR count). The lowest BCUT2D eigenvalue weighted by Crippen LogP contribution is -1.84. The van der Waals surface area contributed by atoms with E-state index < -0.39 is 0 Å². The van der Waals surface area contributed by atoms with Gasteiger partial charge in [-0.05, 0) is 17.6 Å². The molecule has 0 amide bonds. The largest absolute Gasteiger partial charge is 0.130 e. The molecular formula is C9H13P. The third kappa shape index (κ3) is 1.82. The molecule has 0 nitrogen and oxygen atoms in total. The Morgan fingerprint density at radius 3 is 2.40 bits per heavy atom. The van der Waals surface area contributed by atoms with Gasteiger partial charge in [0.2, 0.25) is 0 Å². The van der Waals surface area contributed by atoms with Crippen LogP contribution in [0, 0.1) is 0 Å². The van der Waals surface area contributed by atoms with Crippen molar-refractivity contribution in [2.24, 2.45) is 0 Å². The van der Waals surface area contributed by atoms with E-state index in [1.807, 2.05) is 0 Å². The predicted octanol–water partition coefficient (Wildman–Crippen LogP) is 3.01. The van der Waals surface area contributed by atoms with E-state index in [4.69, 9.17) is 0 Å². The second-order valence-corrected chi connectivity index (χ2v) is 3.23. The fourth-order valence-electron chi connectivity index (χ4n) is 0.936. The maximum absolute atomic E-state index is 2.85. The van der Waals surface area contributed by atoms with Gasteiger partial charge >= 0.3 is 0 Å². The number of benzene rings is 1. The lowest BCUT2D eigenvalue weighted by molar-refractivity contribution is 0.897. The first kappa shape index (κ1) is 7.75.